The van der Waals surface area contributed by atoms with Crippen LogP contribution in [-0.4, -0.2) is 29.3 Å². The molecule has 0 aliphatic carbocycles. The van der Waals surface area contributed by atoms with Crippen molar-refractivity contribution in [2.75, 3.05) is 13.2 Å². The number of benzene rings is 1. The molecule has 0 radical (unpaired) electrons. The topological polar surface area (TPSA) is 67.5 Å². The van der Waals surface area contributed by atoms with Gasteiger partial charge < -0.3 is 19.6 Å². The van der Waals surface area contributed by atoms with Crippen molar-refractivity contribution in [1.82, 2.24) is 10.3 Å². The molecule has 1 aromatic heterocycles. The molecule has 0 saturated carbocycles. The van der Waals surface area contributed by atoms with Crippen LogP contribution < -0.4 is 5.32 Å². The molecule has 0 aliphatic heterocycles. The van der Waals surface area contributed by atoms with Gasteiger partial charge >= 0.3 is 0 Å². The fourth-order valence-electron chi connectivity index (χ4n) is 1.91. The molecule has 21 heavy (non-hydrogen) atoms. The van der Waals surface area contributed by atoms with E-state index in [1.165, 1.54) is 0 Å². The minimum atomic E-state index is -0.550. The molecule has 0 saturated heterocycles. The highest BCUT2D eigenvalue weighted by Gasteiger charge is 2.07. The zero-order chi connectivity index (χ0) is 15.1. The Bertz CT molecular complexity index is 520. The van der Waals surface area contributed by atoms with Gasteiger partial charge in [-0.2, -0.15) is 0 Å². The average molecular weight is 290 g/mol. The van der Waals surface area contributed by atoms with Crippen LogP contribution in [-0.2, 0) is 17.9 Å². The fraction of sp³-hybridized carbons (Fsp3) is 0.438. The van der Waals surface area contributed by atoms with Gasteiger partial charge in [0.15, 0.2) is 0 Å². The number of nitrogens with one attached hydrogen (secondary N) is 1. The minimum absolute atomic E-state index is 0.297. The summed E-state index contributed by atoms with van der Waals surface area (Å²) in [5, 5.41) is 12.9. The molecule has 5 nitrogen and oxygen atoms in total. The maximum absolute atomic E-state index is 9.83. The molecule has 2 rings (SSSR count). The third-order valence-electron chi connectivity index (χ3n) is 3.15. The number of hydrogen-bond acceptors (Lipinski definition) is 5. The molecule has 1 unspecified atom stereocenters. The summed E-state index contributed by atoms with van der Waals surface area (Å²) in [4.78, 5) is 4.27. The lowest BCUT2D eigenvalue weighted by Crippen LogP contribution is -2.30. The quantitative estimate of drug-likeness (QED) is 0.778. The van der Waals surface area contributed by atoms with Gasteiger partial charge in [-0.1, -0.05) is 30.3 Å². The zero-order valence-corrected chi connectivity index (χ0v) is 12.5. The second kappa shape index (κ2) is 7.93. The Hall–Kier alpha value is -1.69. The monoisotopic (exact) mass is 290 g/mol. The molecule has 1 heterocycles. The highest BCUT2D eigenvalue weighted by Crippen LogP contribution is 2.07. The second-order valence-electron chi connectivity index (χ2n) is 5.03. The van der Waals surface area contributed by atoms with Crippen molar-refractivity contribution in [3.63, 3.8) is 0 Å². The van der Waals surface area contributed by atoms with E-state index in [9.17, 15) is 5.11 Å². The van der Waals surface area contributed by atoms with E-state index in [4.69, 9.17) is 9.15 Å². The predicted molar refractivity (Wildman–Crippen MR) is 79.8 cm³/mol. The zero-order valence-electron chi connectivity index (χ0n) is 12.5. The smallest absolute Gasteiger partial charge is 0.208 e. The average Bonchev–Trinajstić information content (AvgIpc) is 2.79. The van der Waals surface area contributed by atoms with E-state index in [2.05, 4.69) is 10.3 Å². The molecule has 114 valence electrons. The molecule has 2 aromatic rings. The first kappa shape index (κ1) is 15.7. The van der Waals surface area contributed by atoms with Crippen LogP contribution in [0.2, 0.25) is 0 Å². The van der Waals surface area contributed by atoms with E-state index in [0.717, 1.165) is 17.0 Å². The number of ether oxygens (including phenoxy) is 1. The van der Waals surface area contributed by atoms with Crippen LogP contribution in [0.15, 0.2) is 34.7 Å². The van der Waals surface area contributed by atoms with Crippen molar-refractivity contribution in [1.29, 1.82) is 0 Å². The molecule has 0 fully saturated rings. The van der Waals surface area contributed by atoms with Crippen LogP contribution in [0.25, 0.3) is 0 Å². The Kier molecular flexibility index (Phi) is 5.92. The number of rotatable bonds is 8. The standard InChI is InChI=1S/C16H22N2O3/c1-12-13(2)21-16(18-12)9-17-8-15(19)11-20-10-14-6-4-3-5-7-14/h3-7,15,17,19H,8-11H2,1-2H3. The van der Waals surface area contributed by atoms with Gasteiger partial charge in [0, 0.05) is 6.54 Å². The maximum atomic E-state index is 9.83. The van der Waals surface area contributed by atoms with Gasteiger partial charge in [-0.15, -0.1) is 0 Å². The predicted octanol–water partition coefficient (Wildman–Crippen LogP) is 1.96. The Morgan fingerprint density at radius 3 is 2.71 bits per heavy atom. The van der Waals surface area contributed by atoms with Crippen molar-refractivity contribution in [3.8, 4) is 0 Å². The molecule has 0 bridgehead atoms. The summed E-state index contributed by atoms with van der Waals surface area (Å²) in [5.41, 5.74) is 2.00. The third kappa shape index (κ3) is 5.30. The normalized spacial score (nSPS) is 12.5. The first-order valence-corrected chi connectivity index (χ1v) is 7.08. The van der Waals surface area contributed by atoms with E-state index in [1.807, 2.05) is 44.2 Å². The summed E-state index contributed by atoms with van der Waals surface area (Å²) in [6.45, 7) is 5.55. The minimum Gasteiger partial charge on any atom is -0.444 e. The lowest BCUT2D eigenvalue weighted by atomic mass is 10.2. The summed E-state index contributed by atoms with van der Waals surface area (Å²) < 4.78 is 10.9. The molecule has 1 aromatic carbocycles. The van der Waals surface area contributed by atoms with E-state index in [0.29, 0.717) is 32.2 Å². The summed E-state index contributed by atoms with van der Waals surface area (Å²) in [7, 11) is 0. The molecular weight excluding hydrogens is 268 g/mol. The SMILES string of the molecule is Cc1nc(CNCC(O)COCc2ccccc2)oc1C. The largest absolute Gasteiger partial charge is 0.444 e. The highest BCUT2D eigenvalue weighted by molar-refractivity contribution is 5.13. The second-order valence-corrected chi connectivity index (χ2v) is 5.03. The van der Waals surface area contributed by atoms with E-state index < -0.39 is 6.10 Å². The Balaban J connectivity index is 1.60. The van der Waals surface area contributed by atoms with E-state index in [-0.39, 0.29) is 0 Å². The summed E-state index contributed by atoms with van der Waals surface area (Å²) in [5.74, 6) is 1.47. The van der Waals surface area contributed by atoms with Gasteiger partial charge in [-0.3, -0.25) is 0 Å². The summed E-state index contributed by atoms with van der Waals surface area (Å²) in [6.07, 6.45) is -0.550. The van der Waals surface area contributed by atoms with Gasteiger partial charge in [0.1, 0.15) is 5.76 Å². The molecule has 1 atom stereocenters. The Morgan fingerprint density at radius 1 is 1.29 bits per heavy atom. The van der Waals surface area contributed by atoms with E-state index in [1.54, 1.807) is 0 Å². The van der Waals surface area contributed by atoms with Gasteiger partial charge in [0.05, 0.1) is 31.6 Å². The molecule has 5 heteroatoms. The van der Waals surface area contributed by atoms with Gasteiger partial charge in [-0.25, -0.2) is 4.98 Å². The van der Waals surface area contributed by atoms with Crippen LogP contribution in [0.5, 0.6) is 0 Å². The summed E-state index contributed by atoms with van der Waals surface area (Å²) >= 11 is 0. The Morgan fingerprint density at radius 2 is 2.05 bits per heavy atom. The number of nitrogens with zero attached hydrogens (tertiary/aromatic N) is 1. The molecule has 2 N–H and O–H groups in total. The summed E-state index contributed by atoms with van der Waals surface area (Å²) in [6, 6.07) is 9.90. The molecule has 0 spiro atoms. The Labute approximate surface area is 125 Å². The van der Waals surface area contributed by atoms with Gasteiger partial charge in [0.25, 0.3) is 0 Å². The third-order valence-corrected chi connectivity index (χ3v) is 3.15. The first-order chi connectivity index (χ1) is 10.1. The van der Waals surface area contributed by atoms with Crippen molar-refractivity contribution in [3.05, 3.63) is 53.2 Å². The van der Waals surface area contributed by atoms with Crippen molar-refractivity contribution in [2.45, 2.75) is 33.1 Å². The van der Waals surface area contributed by atoms with Crippen LogP contribution in [0.1, 0.15) is 22.9 Å². The van der Waals surface area contributed by atoms with E-state index >= 15 is 0 Å². The van der Waals surface area contributed by atoms with Gasteiger partial charge in [0.2, 0.25) is 5.89 Å². The number of hydrogen-bond donors (Lipinski definition) is 2. The molecular formula is C16H22N2O3. The van der Waals surface area contributed by atoms with Crippen LogP contribution >= 0.6 is 0 Å². The first-order valence-electron chi connectivity index (χ1n) is 7.08. The number of aryl methyl sites for hydroxylation is 2. The number of aliphatic hydroxyl groups excluding tert-OH is 1. The highest BCUT2D eigenvalue weighted by atomic mass is 16.5. The lowest BCUT2D eigenvalue weighted by Gasteiger charge is -2.11. The van der Waals surface area contributed by atoms with Crippen LogP contribution in [0, 0.1) is 13.8 Å². The number of oxazole rings is 1. The lowest BCUT2D eigenvalue weighted by molar-refractivity contribution is 0.0285. The fourth-order valence-corrected chi connectivity index (χ4v) is 1.91. The molecule has 0 aliphatic rings. The number of aliphatic hydroxyl groups is 1. The van der Waals surface area contributed by atoms with Crippen LogP contribution in [0.3, 0.4) is 0 Å². The van der Waals surface area contributed by atoms with Gasteiger partial charge in [-0.05, 0) is 19.4 Å². The maximum Gasteiger partial charge on any atom is 0.208 e. The van der Waals surface area contributed by atoms with Crippen molar-refractivity contribution >= 4 is 0 Å². The van der Waals surface area contributed by atoms with Crippen LogP contribution in [0.4, 0.5) is 0 Å². The van der Waals surface area contributed by atoms with Crippen molar-refractivity contribution in [2.24, 2.45) is 0 Å². The van der Waals surface area contributed by atoms with Crippen molar-refractivity contribution < 1.29 is 14.3 Å². The number of aromatic nitrogens is 1. The molecule has 0 amide bonds.